The Morgan fingerprint density at radius 2 is 2.27 bits per heavy atom. The number of nitrogens with two attached hydrogens (primary N) is 1. The molecule has 0 saturated heterocycles. The number of thiocarbonyl (C=S) groups is 1. The van der Waals surface area contributed by atoms with Crippen LogP contribution in [0.25, 0.3) is 0 Å². The Labute approximate surface area is 96.9 Å². The fourth-order valence-corrected chi connectivity index (χ4v) is 3.09. The number of rotatable bonds is 5. The lowest BCUT2D eigenvalue weighted by atomic mass is 10.5. The summed E-state index contributed by atoms with van der Waals surface area (Å²) >= 11 is 5.70. The summed E-state index contributed by atoms with van der Waals surface area (Å²) in [6, 6.07) is 0. The Bertz CT molecular complexity index is 453. The van der Waals surface area contributed by atoms with Crippen molar-refractivity contribution in [1.82, 2.24) is 10.2 Å². The number of sulfonamides is 1. The first-order valence-corrected chi connectivity index (χ1v) is 6.92. The average Bonchev–Trinajstić information content (AvgIpc) is 2.48. The van der Waals surface area contributed by atoms with Gasteiger partial charge < -0.3 is 5.73 Å². The molecular weight excluding hydrogens is 256 g/mol. The van der Waals surface area contributed by atoms with Crippen LogP contribution in [0, 0.1) is 0 Å². The second-order valence-electron chi connectivity index (χ2n) is 2.68. The zero-order valence-electron chi connectivity index (χ0n) is 7.93. The second kappa shape index (κ2) is 4.81. The third-order valence-corrected chi connectivity index (χ3v) is 3.98. The van der Waals surface area contributed by atoms with E-state index in [9.17, 15) is 8.42 Å². The van der Waals surface area contributed by atoms with E-state index in [0.29, 0.717) is 6.42 Å². The molecular formula is C6H10N4O2S3. The van der Waals surface area contributed by atoms with Gasteiger partial charge in [0.05, 0.1) is 4.99 Å². The van der Waals surface area contributed by atoms with Crippen LogP contribution in [0.3, 0.4) is 0 Å². The van der Waals surface area contributed by atoms with Crippen LogP contribution in [0.2, 0.25) is 0 Å². The SMILES string of the molecule is CCc1nnc(NS(=O)(=O)CC(N)=S)s1. The van der Waals surface area contributed by atoms with Crippen molar-refractivity contribution in [2.24, 2.45) is 5.73 Å². The smallest absolute Gasteiger partial charge is 0.241 e. The molecule has 1 rings (SSSR count). The van der Waals surface area contributed by atoms with Gasteiger partial charge in [-0.2, -0.15) is 0 Å². The third kappa shape index (κ3) is 4.06. The molecule has 0 aliphatic heterocycles. The number of nitrogens with zero attached hydrogens (tertiary/aromatic N) is 2. The normalized spacial score (nSPS) is 11.3. The molecule has 1 heterocycles. The van der Waals surface area contributed by atoms with Crippen LogP contribution in [0.4, 0.5) is 5.13 Å². The van der Waals surface area contributed by atoms with Crippen molar-refractivity contribution in [3.63, 3.8) is 0 Å². The van der Waals surface area contributed by atoms with Crippen molar-refractivity contribution in [1.29, 1.82) is 0 Å². The van der Waals surface area contributed by atoms with E-state index in [2.05, 4.69) is 27.1 Å². The van der Waals surface area contributed by atoms with Gasteiger partial charge in [0, 0.05) is 0 Å². The molecule has 15 heavy (non-hydrogen) atoms. The molecule has 0 bridgehead atoms. The summed E-state index contributed by atoms with van der Waals surface area (Å²) in [4.78, 5) is -0.0808. The molecule has 6 nitrogen and oxygen atoms in total. The van der Waals surface area contributed by atoms with Crippen molar-refractivity contribution in [3.05, 3.63) is 5.01 Å². The molecule has 0 aromatic carbocycles. The van der Waals surface area contributed by atoms with Crippen LogP contribution < -0.4 is 10.5 Å². The van der Waals surface area contributed by atoms with Gasteiger partial charge in [-0.05, 0) is 6.42 Å². The standard InChI is InChI=1S/C6H10N4O2S3/c1-2-5-8-9-6(14-5)10-15(11,12)3-4(7)13/h2-3H2,1H3,(H2,7,13)(H,9,10). The number of anilines is 1. The summed E-state index contributed by atoms with van der Waals surface area (Å²) in [6.07, 6.45) is 0.717. The van der Waals surface area contributed by atoms with E-state index in [4.69, 9.17) is 5.73 Å². The lowest BCUT2D eigenvalue weighted by Gasteiger charge is -2.01. The first-order chi connectivity index (χ1) is 6.93. The highest BCUT2D eigenvalue weighted by Crippen LogP contribution is 2.16. The Morgan fingerprint density at radius 1 is 1.60 bits per heavy atom. The Balaban J connectivity index is 2.73. The van der Waals surface area contributed by atoms with Crippen LogP contribution in [-0.2, 0) is 16.4 Å². The predicted molar refractivity (Wildman–Crippen MR) is 63.5 cm³/mol. The van der Waals surface area contributed by atoms with Gasteiger partial charge in [0.25, 0.3) is 0 Å². The van der Waals surface area contributed by atoms with Crippen molar-refractivity contribution in [2.45, 2.75) is 13.3 Å². The molecule has 1 aromatic heterocycles. The van der Waals surface area contributed by atoms with E-state index >= 15 is 0 Å². The number of hydrogen-bond acceptors (Lipinski definition) is 6. The van der Waals surface area contributed by atoms with Crippen molar-refractivity contribution < 1.29 is 8.42 Å². The summed E-state index contributed by atoms with van der Waals surface area (Å²) < 4.78 is 25.0. The Morgan fingerprint density at radius 3 is 2.73 bits per heavy atom. The number of nitrogens with one attached hydrogen (secondary N) is 1. The van der Waals surface area contributed by atoms with Gasteiger partial charge in [-0.15, -0.1) is 10.2 Å². The second-order valence-corrected chi connectivity index (χ2v) is 5.99. The van der Waals surface area contributed by atoms with Gasteiger partial charge in [0.2, 0.25) is 15.2 Å². The molecule has 0 unspecified atom stereocenters. The summed E-state index contributed by atoms with van der Waals surface area (Å²) in [7, 11) is -3.54. The highest BCUT2D eigenvalue weighted by atomic mass is 32.2. The summed E-state index contributed by atoms with van der Waals surface area (Å²) in [5.74, 6) is -0.386. The van der Waals surface area contributed by atoms with E-state index < -0.39 is 10.0 Å². The van der Waals surface area contributed by atoms with Crippen molar-refractivity contribution in [2.75, 3.05) is 10.5 Å². The number of aromatic nitrogens is 2. The maximum atomic E-state index is 11.4. The maximum Gasteiger partial charge on any atom is 0.241 e. The summed E-state index contributed by atoms with van der Waals surface area (Å²) in [6.45, 7) is 1.91. The molecule has 0 saturated carbocycles. The van der Waals surface area contributed by atoms with Crippen LogP contribution in [0.15, 0.2) is 0 Å². The first-order valence-electron chi connectivity index (χ1n) is 4.04. The minimum Gasteiger partial charge on any atom is -0.392 e. The highest BCUT2D eigenvalue weighted by Gasteiger charge is 2.14. The van der Waals surface area contributed by atoms with Crippen LogP contribution in [0.5, 0.6) is 0 Å². The molecule has 0 radical (unpaired) electrons. The number of aryl methyl sites for hydroxylation is 1. The van der Waals surface area contributed by atoms with Gasteiger partial charge in [-0.3, -0.25) is 4.72 Å². The first kappa shape index (κ1) is 12.3. The molecule has 84 valence electrons. The predicted octanol–water partition coefficient (Wildman–Crippen LogP) is 0.128. The molecule has 0 spiro atoms. The van der Waals surface area contributed by atoms with E-state index in [1.165, 1.54) is 11.3 Å². The van der Waals surface area contributed by atoms with Gasteiger partial charge in [0.15, 0.2) is 0 Å². The van der Waals surface area contributed by atoms with Crippen LogP contribution in [0.1, 0.15) is 11.9 Å². The van der Waals surface area contributed by atoms with Gasteiger partial charge in [-0.25, -0.2) is 8.42 Å². The minimum absolute atomic E-state index is 0.0808. The lowest BCUT2D eigenvalue weighted by molar-refractivity contribution is 0.605. The summed E-state index contributed by atoms with van der Waals surface area (Å²) in [5.41, 5.74) is 5.14. The molecule has 1 aromatic rings. The topological polar surface area (TPSA) is 98.0 Å². The fraction of sp³-hybridized carbons (Fsp3) is 0.500. The molecule has 0 atom stereocenters. The molecule has 9 heteroatoms. The van der Waals surface area contributed by atoms with Crippen LogP contribution >= 0.6 is 23.6 Å². The monoisotopic (exact) mass is 266 g/mol. The largest absolute Gasteiger partial charge is 0.392 e. The Hall–Kier alpha value is -0.800. The Kier molecular flexibility index (Phi) is 3.94. The molecule has 0 fully saturated rings. The average molecular weight is 266 g/mol. The molecule has 3 N–H and O–H groups in total. The van der Waals surface area contributed by atoms with E-state index in [1.807, 2.05) is 6.92 Å². The van der Waals surface area contributed by atoms with E-state index in [1.54, 1.807) is 0 Å². The van der Waals surface area contributed by atoms with Gasteiger partial charge >= 0.3 is 0 Å². The third-order valence-electron chi connectivity index (χ3n) is 1.34. The number of hydrogen-bond donors (Lipinski definition) is 2. The minimum atomic E-state index is -3.54. The molecule has 0 amide bonds. The zero-order valence-corrected chi connectivity index (χ0v) is 10.4. The molecule has 0 aliphatic carbocycles. The van der Waals surface area contributed by atoms with Gasteiger partial charge in [0.1, 0.15) is 10.8 Å². The van der Waals surface area contributed by atoms with Crippen molar-refractivity contribution >= 4 is 43.7 Å². The van der Waals surface area contributed by atoms with E-state index in [-0.39, 0.29) is 15.9 Å². The highest BCUT2D eigenvalue weighted by molar-refractivity contribution is 7.95. The maximum absolute atomic E-state index is 11.4. The van der Waals surface area contributed by atoms with Crippen LogP contribution in [-0.4, -0.2) is 29.4 Å². The van der Waals surface area contributed by atoms with Crippen molar-refractivity contribution in [3.8, 4) is 0 Å². The summed E-state index contributed by atoms with van der Waals surface area (Å²) in [5, 5.41) is 8.45. The van der Waals surface area contributed by atoms with E-state index in [0.717, 1.165) is 5.01 Å². The fourth-order valence-electron chi connectivity index (χ4n) is 0.794. The zero-order chi connectivity index (χ0) is 11.5. The lowest BCUT2D eigenvalue weighted by Crippen LogP contribution is -2.26. The quantitative estimate of drug-likeness (QED) is 0.735. The van der Waals surface area contributed by atoms with Gasteiger partial charge in [-0.1, -0.05) is 30.5 Å². The molecule has 0 aliphatic rings.